The molecule has 2 aliphatic carbocycles. The summed E-state index contributed by atoms with van der Waals surface area (Å²) in [4.78, 5) is 4.86. The van der Waals surface area contributed by atoms with E-state index in [4.69, 9.17) is 4.99 Å². The van der Waals surface area contributed by atoms with Crippen molar-refractivity contribution in [3.05, 3.63) is 0 Å². The predicted octanol–water partition coefficient (Wildman–Crippen LogP) is 1.85. The molecular weight excluding hydrogens is 200 g/mol. The summed E-state index contributed by atoms with van der Waals surface area (Å²) in [6, 6.07) is 0.890. The molecule has 1 aliphatic heterocycles. The molecule has 2 fully saturated rings. The van der Waals surface area contributed by atoms with Gasteiger partial charge in [-0.1, -0.05) is 19.3 Å². The van der Waals surface area contributed by atoms with Crippen LogP contribution in [-0.4, -0.2) is 29.1 Å². The van der Waals surface area contributed by atoms with Gasteiger partial charge in [0.15, 0.2) is 0 Å². The molecule has 0 bridgehead atoms. The first kappa shape index (κ1) is 10.6. The highest BCUT2D eigenvalue weighted by Gasteiger charge is 2.36. The third-order valence-corrected chi connectivity index (χ3v) is 4.42. The summed E-state index contributed by atoms with van der Waals surface area (Å²) in [6.07, 6.45) is 9.54. The molecule has 3 rings (SSSR count). The smallest absolute Gasteiger partial charge is 0.100 e. The van der Waals surface area contributed by atoms with Gasteiger partial charge in [0.25, 0.3) is 0 Å². The fraction of sp³-hybridized carbons (Fsp3) is 0.923. The summed E-state index contributed by atoms with van der Waals surface area (Å²) in [6.45, 7) is 0. The molecule has 3 unspecified atom stereocenters. The molecule has 1 heterocycles. The Morgan fingerprint density at radius 2 is 1.88 bits per heavy atom. The Morgan fingerprint density at radius 3 is 2.69 bits per heavy atom. The fourth-order valence-corrected chi connectivity index (χ4v) is 3.45. The maximum Gasteiger partial charge on any atom is 0.100 e. The van der Waals surface area contributed by atoms with Crippen LogP contribution in [0.15, 0.2) is 4.99 Å². The average Bonchev–Trinajstić information content (AvgIpc) is 2.73. The van der Waals surface area contributed by atoms with Crippen molar-refractivity contribution in [1.29, 1.82) is 0 Å². The second-order valence-corrected chi connectivity index (χ2v) is 5.63. The van der Waals surface area contributed by atoms with Crippen molar-refractivity contribution in [1.82, 2.24) is 5.32 Å². The molecule has 3 aliphatic rings. The summed E-state index contributed by atoms with van der Waals surface area (Å²) < 4.78 is 0. The Kier molecular flexibility index (Phi) is 2.88. The van der Waals surface area contributed by atoms with Crippen molar-refractivity contribution < 1.29 is 5.11 Å². The summed E-state index contributed by atoms with van der Waals surface area (Å²) in [5.41, 5.74) is 0. The normalized spacial score (nSPS) is 40.1. The van der Waals surface area contributed by atoms with Crippen molar-refractivity contribution in [3.8, 4) is 0 Å². The van der Waals surface area contributed by atoms with E-state index in [0.29, 0.717) is 18.0 Å². The van der Waals surface area contributed by atoms with Crippen molar-refractivity contribution in [3.63, 3.8) is 0 Å². The van der Waals surface area contributed by atoms with E-state index in [1.54, 1.807) is 0 Å². The number of hydrogen-bond donors (Lipinski definition) is 2. The average molecular weight is 222 g/mol. The number of aliphatic imine (C=N–C) groups is 1. The zero-order chi connectivity index (χ0) is 11.0. The van der Waals surface area contributed by atoms with Crippen LogP contribution in [-0.2, 0) is 0 Å². The zero-order valence-corrected chi connectivity index (χ0v) is 9.86. The summed E-state index contributed by atoms with van der Waals surface area (Å²) >= 11 is 0. The second kappa shape index (κ2) is 4.36. The number of nitrogens with one attached hydrogen (secondary N) is 1. The maximum atomic E-state index is 9.66. The first-order valence-corrected chi connectivity index (χ1v) is 6.85. The Hall–Kier alpha value is -0.570. The zero-order valence-electron chi connectivity index (χ0n) is 9.86. The van der Waals surface area contributed by atoms with Gasteiger partial charge in [-0.2, -0.15) is 0 Å². The molecule has 2 N–H and O–H groups in total. The lowest BCUT2D eigenvalue weighted by molar-refractivity contribution is 0.112. The molecule has 3 nitrogen and oxygen atoms in total. The van der Waals surface area contributed by atoms with Crippen LogP contribution in [0.3, 0.4) is 0 Å². The molecule has 0 saturated heterocycles. The van der Waals surface area contributed by atoms with Crippen LogP contribution in [0.5, 0.6) is 0 Å². The molecule has 90 valence electrons. The minimum absolute atomic E-state index is 0.102. The lowest BCUT2D eigenvalue weighted by Crippen LogP contribution is -2.42. The van der Waals surface area contributed by atoms with E-state index in [-0.39, 0.29) is 6.10 Å². The van der Waals surface area contributed by atoms with Gasteiger partial charge >= 0.3 is 0 Å². The molecule has 3 atom stereocenters. The van der Waals surface area contributed by atoms with Crippen molar-refractivity contribution >= 4 is 5.84 Å². The summed E-state index contributed by atoms with van der Waals surface area (Å²) in [5, 5.41) is 13.2. The standard InChI is InChI=1S/C13H22N2O/c16-10-6-7-11-12(8-10)15-13(14-11)9-4-2-1-3-5-9/h9-12,16H,1-8H2,(H,14,15). The molecule has 0 aromatic carbocycles. The molecule has 0 spiro atoms. The highest BCUT2D eigenvalue weighted by molar-refractivity contribution is 5.86. The first-order chi connectivity index (χ1) is 7.83. The minimum Gasteiger partial charge on any atom is -0.393 e. The molecule has 0 radical (unpaired) electrons. The molecule has 3 heteroatoms. The van der Waals surface area contributed by atoms with Gasteiger partial charge < -0.3 is 10.4 Å². The topological polar surface area (TPSA) is 44.6 Å². The molecule has 16 heavy (non-hydrogen) atoms. The number of aliphatic hydroxyl groups excluding tert-OH is 1. The van der Waals surface area contributed by atoms with E-state index in [1.165, 1.54) is 37.9 Å². The maximum absolute atomic E-state index is 9.66. The molecule has 0 amide bonds. The van der Waals surface area contributed by atoms with E-state index in [9.17, 15) is 5.11 Å². The summed E-state index contributed by atoms with van der Waals surface area (Å²) in [5.74, 6) is 1.96. The third-order valence-electron chi connectivity index (χ3n) is 4.42. The van der Waals surface area contributed by atoms with Crippen molar-refractivity contribution in [2.24, 2.45) is 10.9 Å². The van der Waals surface area contributed by atoms with Crippen LogP contribution in [0.2, 0.25) is 0 Å². The van der Waals surface area contributed by atoms with Gasteiger partial charge in [0.2, 0.25) is 0 Å². The highest BCUT2D eigenvalue weighted by Crippen LogP contribution is 2.31. The van der Waals surface area contributed by atoms with Gasteiger partial charge in [-0.25, -0.2) is 0 Å². The van der Waals surface area contributed by atoms with Crippen LogP contribution in [0.25, 0.3) is 0 Å². The Balaban J connectivity index is 1.65. The van der Waals surface area contributed by atoms with E-state index >= 15 is 0 Å². The van der Waals surface area contributed by atoms with Crippen molar-refractivity contribution in [2.45, 2.75) is 69.6 Å². The minimum atomic E-state index is -0.102. The van der Waals surface area contributed by atoms with Crippen LogP contribution in [0.4, 0.5) is 0 Å². The van der Waals surface area contributed by atoms with Crippen LogP contribution < -0.4 is 5.32 Å². The van der Waals surface area contributed by atoms with Gasteiger partial charge in [-0.3, -0.25) is 4.99 Å². The number of amidine groups is 1. The van der Waals surface area contributed by atoms with Gasteiger partial charge in [-0.05, 0) is 32.1 Å². The predicted molar refractivity (Wildman–Crippen MR) is 64.6 cm³/mol. The van der Waals surface area contributed by atoms with E-state index in [0.717, 1.165) is 19.3 Å². The Labute approximate surface area is 97.3 Å². The third kappa shape index (κ3) is 1.97. The number of hydrogen-bond acceptors (Lipinski definition) is 3. The number of fused-ring (bicyclic) bond motifs is 1. The van der Waals surface area contributed by atoms with Crippen LogP contribution in [0.1, 0.15) is 51.4 Å². The van der Waals surface area contributed by atoms with E-state index < -0.39 is 0 Å². The largest absolute Gasteiger partial charge is 0.393 e. The van der Waals surface area contributed by atoms with E-state index in [1.807, 2.05) is 0 Å². The Morgan fingerprint density at radius 1 is 1.06 bits per heavy atom. The second-order valence-electron chi connectivity index (χ2n) is 5.63. The molecule has 0 aromatic rings. The van der Waals surface area contributed by atoms with Crippen LogP contribution >= 0.6 is 0 Å². The molecular formula is C13H22N2O. The van der Waals surface area contributed by atoms with Crippen LogP contribution in [0, 0.1) is 5.92 Å². The van der Waals surface area contributed by atoms with Gasteiger partial charge in [0.05, 0.1) is 18.2 Å². The summed E-state index contributed by atoms with van der Waals surface area (Å²) in [7, 11) is 0. The SMILES string of the molecule is OC1CCC2N=C(C3CCCCC3)NC2C1. The lowest BCUT2D eigenvalue weighted by Gasteiger charge is -2.28. The van der Waals surface area contributed by atoms with Crippen molar-refractivity contribution in [2.75, 3.05) is 0 Å². The van der Waals surface area contributed by atoms with E-state index in [2.05, 4.69) is 5.32 Å². The lowest BCUT2D eigenvalue weighted by atomic mass is 9.88. The number of nitrogens with zero attached hydrogens (tertiary/aromatic N) is 1. The first-order valence-electron chi connectivity index (χ1n) is 6.85. The number of aliphatic hydroxyl groups is 1. The quantitative estimate of drug-likeness (QED) is 0.711. The highest BCUT2D eigenvalue weighted by atomic mass is 16.3. The monoisotopic (exact) mass is 222 g/mol. The van der Waals surface area contributed by atoms with Gasteiger partial charge in [0.1, 0.15) is 5.84 Å². The molecule has 2 saturated carbocycles. The van der Waals surface area contributed by atoms with Gasteiger partial charge in [0, 0.05) is 5.92 Å². The Bertz CT molecular complexity index is 284. The number of rotatable bonds is 1. The fourth-order valence-electron chi connectivity index (χ4n) is 3.45. The van der Waals surface area contributed by atoms with Gasteiger partial charge in [-0.15, -0.1) is 0 Å². The molecule has 0 aromatic heterocycles.